The normalized spacial score (nSPS) is 9.71. The number of ether oxygens (including phenoxy) is 1. The number of hydrogen-bond acceptors (Lipinski definition) is 4. The van der Waals surface area contributed by atoms with E-state index in [2.05, 4.69) is 4.74 Å². The summed E-state index contributed by atoms with van der Waals surface area (Å²) in [6, 6.07) is 4.35. The lowest BCUT2D eigenvalue weighted by Crippen LogP contribution is -2.31. The molecule has 0 spiro atoms. The average molecular weight is 214 g/mol. The van der Waals surface area contributed by atoms with Gasteiger partial charge in [0.15, 0.2) is 0 Å². The number of hydrogen-bond donors (Lipinski definition) is 2. The molecule has 0 radical (unpaired) electrons. The van der Waals surface area contributed by atoms with E-state index >= 15 is 0 Å². The van der Waals surface area contributed by atoms with Gasteiger partial charge in [-0.2, -0.15) is 0 Å². The molecular weight excluding hydrogens is 206 g/mol. The first-order valence-corrected chi connectivity index (χ1v) is 4.18. The number of rotatable bonds is 2. The molecule has 74 valence electrons. The van der Waals surface area contributed by atoms with E-state index in [0.717, 1.165) is 0 Å². The van der Waals surface area contributed by atoms with Gasteiger partial charge in [0.2, 0.25) is 0 Å². The molecule has 4 nitrogen and oxygen atoms in total. The number of halogens is 1. The summed E-state index contributed by atoms with van der Waals surface area (Å²) >= 11 is 5.76. The summed E-state index contributed by atoms with van der Waals surface area (Å²) in [6.07, 6.45) is 0. The van der Waals surface area contributed by atoms with Gasteiger partial charge in [0.1, 0.15) is 0 Å². The second-order valence-corrected chi connectivity index (χ2v) is 2.95. The quantitative estimate of drug-likeness (QED) is 0.529. The average Bonchev–Trinajstić information content (AvgIpc) is 2.16. The number of carbonyl (C=O) groups excluding carboxylic acids is 1. The van der Waals surface area contributed by atoms with Crippen LogP contribution >= 0.6 is 11.6 Å². The first-order valence-electron chi connectivity index (χ1n) is 3.80. The van der Waals surface area contributed by atoms with Gasteiger partial charge < -0.3 is 14.8 Å². The van der Waals surface area contributed by atoms with E-state index in [0.29, 0.717) is 0 Å². The zero-order valence-corrected chi connectivity index (χ0v) is 8.15. The van der Waals surface area contributed by atoms with E-state index in [1.807, 2.05) is 0 Å². The van der Waals surface area contributed by atoms with Crippen LogP contribution in [0, 0.1) is 0 Å². The fourth-order valence-corrected chi connectivity index (χ4v) is 1.32. The smallest absolute Gasteiger partial charge is 0.465 e. The maximum absolute atomic E-state index is 11.1. The Hall–Kier alpha value is -1.04. The van der Waals surface area contributed by atoms with E-state index in [1.165, 1.54) is 25.3 Å². The van der Waals surface area contributed by atoms with E-state index < -0.39 is 13.1 Å². The molecule has 1 aromatic rings. The van der Waals surface area contributed by atoms with Crippen LogP contribution in [0.2, 0.25) is 5.02 Å². The maximum atomic E-state index is 11.1. The standard InChI is InChI=1S/C8H8BClO4/c1-14-8(11)5-3-2-4-6(7(5)10)9(12)13/h2-4,12-13H,1H3. The second-order valence-electron chi connectivity index (χ2n) is 2.57. The van der Waals surface area contributed by atoms with Gasteiger partial charge in [0, 0.05) is 5.46 Å². The van der Waals surface area contributed by atoms with Crippen molar-refractivity contribution >= 4 is 30.2 Å². The molecule has 0 heterocycles. The van der Waals surface area contributed by atoms with Crippen molar-refractivity contribution in [3.8, 4) is 0 Å². The molecule has 6 heteroatoms. The molecule has 0 saturated heterocycles. The fourth-order valence-electron chi connectivity index (χ4n) is 1.02. The van der Waals surface area contributed by atoms with Crippen LogP contribution in [-0.2, 0) is 4.74 Å². The van der Waals surface area contributed by atoms with Crippen LogP contribution in [0.1, 0.15) is 10.4 Å². The molecule has 1 aromatic carbocycles. The molecule has 0 atom stereocenters. The first kappa shape index (κ1) is 11.0. The Balaban J connectivity index is 3.20. The molecule has 1 rings (SSSR count). The van der Waals surface area contributed by atoms with Crippen molar-refractivity contribution in [2.24, 2.45) is 0 Å². The Bertz CT molecular complexity index is 353. The summed E-state index contributed by atoms with van der Waals surface area (Å²) in [5.41, 5.74) is 0.189. The summed E-state index contributed by atoms with van der Waals surface area (Å²) in [6.45, 7) is 0. The van der Waals surface area contributed by atoms with Crippen LogP contribution < -0.4 is 5.46 Å². The Kier molecular flexibility index (Phi) is 3.52. The summed E-state index contributed by atoms with van der Waals surface area (Å²) < 4.78 is 4.47. The minimum atomic E-state index is -1.70. The van der Waals surface area contributed by atoms with Crippen LogP contribution in [0.3, 0.4) is 0 Å². The maximum Gasteiger partial charge on any atom is 0.489 e. The highest BCUT2D eigenvalue weighted by Gasteiger charge is 2.20. The van der Waals surface area contributed by atoms with Gasteiger partial charge >= 0.3 is 13.1 Å². The van der Waals surface area contributed by atoms with Gasteiger partial charge in [-0.05, 0) is 6.07 Å². The lowest BCUT2D eigenvalue weighted by molar-refractivity contribution is 0.0601. The predicted octanol–water partition coefficient (Wildman–Crippen LogP) is -0.194. The van der Waals surface area contributed by atoms with Gasteiger partial charge in [-0.3, -0.25) is 0 Å². The molecule has 0 aliphatic carbocycles. The lowest BCUT2D eigenvalue weighted by Gasteiger charge is -2.06. The molecule has 0 aliphatic rings. The number of carbonyl (C=O) groups is 1. The summed E-state index contributed by atoms with van der Waals surface area (Å²) in [5, 5.41) is 17.8. The van der Waals surface area contributed by atoms with Crippen molar-refractivity contribution in [2.75, 3.05) is 7.11 Å². The van der Waals surface area contributed by atoms with Gasteiger partial charge in [-0.1, -0.05) is 23.7 Å². The molecule has 0 aromatic heterocycles. The van der Waals surface area contributed by atoms with Crippen molar-refractivity contribution in [1.29, 1.82) is 0 Å². The molecule has 0 bridgehead atoms. The highest BCUT2D eigenvalue weighted by molar-refractivity contribution is 6.63. The molecule has 0 amide bonds. The fraction of sp³-hybridized carbons (Fsp3) is 0.125. The zero-order valence-electron chi connectivity index (χ0n) is 7.40. The summed E-state index contributed by atoms with van der Waals surface area (Å²) in [5.74, 6) is -0.613. The Morgan fingerprint density at radius 2 is 2.14 bits per heavy atom. The zero-order chi connectivity index (χ0) is 10.7. The summed E-state index contributed by atoms with van der Waals surface area (Å²) in [7, 11) is -0.479. The molecule has 14 heavy (non-hydrogen) atoms. The van der Waals surface area contributed by atoms with E-state index in [4.69, 9.17) is 21.6 Å². The first-order chi connectivity index (χ1) is 6.57. The number of methoxy groups -OCH3 is 1. The molecular formula is C8H8BClO4. The molecule has 0 fully saturated rings. The Morgan fingerprint density at radius 1 is 1.50 bits per heavy atom. The van der Waals surface area contributed by atoms with Crippen LogP contribution in [0.5, 0.6) is 0 Å². The van der Waals surface area contributed by atoms with E-state index in [-0.39, 0.29) is 16.0 Å². The molecule has 0 aliphatic heterocycles. The highest BCUT2D eigenvalue weighted by Crippen LogP contribution is 2.14. The summed E-state index contributed by atoms with van der Waals surface area (Å²) in [4.78, 5) is 11.1. The van der Waals surface area contributed by atoms with Crippen LogP contribution in [0.15, 0.2) is 18.2 Å². The third kappa shape index (κ3) is 2.06. The Morgan fingerprint density at radius 3 is 2.64 bits per heavy atom. The van der Waals surface area contributed by atoms with Crippen molar-refractivity contribution in [2.45, 2.75) is 0 Å². The van der Waals surface area contributed by atoms with Crippen molar-refractivity contribution in [3.63, 3.8) is 0 Å². The van der Waals surface area contributed by atoms with Crippen LogP contribution in [0.4, 0.5) is 0 Å². The second kappa shape index (κ2) is 4.46. The Labute approximate surface area is 86.2 Å². The number of esters is 1. The minimum absolute atomic E-state index is 0.00523. The van der Waals surface area contributed by atoms with Gasteiger partial charge in [-0.25, -0.2) is 4.79 Å². The van der Waals surface area contributed by atoms with Crippen molar-refractivity contribution in [1.82, 2.24) is 0 Å². The molecule has 2 N–H and O–H groups in total. The monoisotopic (exact) mass is 214 g/mol. The number of benzene rings is 1. The molecule has 0 unspecified atom stereocenters. The van der Waals surface area contributed by atoms with Crippen molar-refractivity contribution < 1.29 is 19.6 Å². The van der Waals surface area contributed by atoms with Crippen LogP contribution in [0.25, 0.3) is 0 Å². The largest absolute Gasteiger partial charge is 0.489 e. The van der Waals surface area contributed by atoms with Gasteiger partial charge in [0.25, 0.3) is 0 Å². The van der Waals surface area contributed by atoms with Crippen molar-refractivity contribution in [3.05, 3.63) is 28.8 Å². The van der Waals surface area contributed by atoms with Gasteiger partial charge in [-0.15, -0.1) is 0 Å². The highest BCUT2D eigenvalue weighted by atomic mass is 35.5. The molecule has 0 saturated carbocycles. The van der Waals surface area contributed by atoms with Crippen LogP contribution in [-0.4, -0.2) is 30.2 Å². The third-order valence-corrected chi connectivity index (χ3v) is 2.13. The minimum Gasteiger partial charge on any atom is -0.465 e. The van der Waals surface area contributed by atoms with Gasteiger partial charge in [0.05, 0.1) is 17.7 Å². The SMILES string of the molecule is COC(=O)c1cccc(B(O)O)c1Cl. The predicted molar refractivity (Wildman–Crippen MR) is 52.6 cm³/mol. The third-order valence-electron chi connectivity index (χ3n) is 1.71. The van der Waals surface area contributed by atoms with E-state index in [1.54, 1.807) is 0 Å². The lowest BCUT2D eigenvalue weighted by atomic mass is 9.79. The van der Waals surface area contributed by atoms with E-state index in [9.17, 15) is 4.79 Å². The topological polar surface area (TPSA) is 66.8 Å².